The van der Waals surface area contributed by atoms with Gasteiger partial charge >= 0.3 is 5.97 Å². The Morgan fingerprint density at radius 1 is 1.12 bits per heavy atom. The number of ether oxygens (including phenoxy) is 4. The second-order valence-electron chi connectivity index (χ2n) is 7.10. The van der Waals surface area contributed by atoms with Gasteiger partial charge in [-0.25, -0.2) is 0 Å². The number of nitrogens with zero attached hydrogens (tertiary/aromatic N) is 1. The number of carbonyl (C=O) groups is 2. The van der Waals surface area contributed by atoms with Gasteiger partial charge in [0.2, 0.25) is 5.78 Å². The number of para-hydroxylation sites is 1. The van der Waals surface area contributed by atoms with Crippen LogP contribution in [0.2, 0.25) is 0 Å². The lowest BCUT2D eigenvalue weighted by Crippen LogP contribution is -2.09. The van der Waals surface area contributed by atoms with Crippen molar-refractivity contribution in [2.24, 2.45) is 0 Å². The highest BCUT2D eigenvalue weighted by atomic mass is 16.5. The van der Waals surface area contributed by atoms with Crippen molar-refractivity contribution in [2.75, 3.05) is 14.2 Å². The average Bonchev–Trinajstić information content (AvgIpc) is 3.37. The van der Waals surface area contributed by atoms with Gasteiger partial charge in [0.25, 0.3) is 5.88 Å². The minimum Gasteiger partial charge on any atom is -0.496 e. The number of hydrogen-bond donors (Lipinski definition) is 0. The van der Waals surface area contributed by atoms with Gasteiger partial charge in [-0.1, -0.05) is 18.2 Å². The van der Waals surface area contributed by atoms with Crippen LogP contribution in [0.25, 0.3) is 6.08 Å². The molecule has 0 amide bonds. The number of ketones is 1. The molecule has 0 N–H and O–H groups in total. The van der Waals surface area contributed by atoms with Crippen LogP contribution in [0, 0.1) is 6.92 Å². The summed E-state index contributed by atoms with van der Waals surface area (Å²) in [5, 5.41) is 3.69. The third kappa shape index (κ3) is 4.34. The Bertz CT molecular complexity index is 1210. The molecular formula is C24H21NO7. The number of Topliss-reactive ketones (excluding diaryl/α,β-unsaturated/α-hetero) is 1. The Morgan fingerprint density at radius 3 is 2.69 bits per heavy atom. The van der Waals surface area contributed by atoms with E-state index in [2.05, 4.69) is 5.16 Å². The first-order valence-electron chi connectivity index (χ1n) is 9.90. The maximum absolute atomic E-state index is 12.9. The summed E-state index contributed by atoms with van der Waals surface area (Å²) in [4.78, 5) is 25.1. The Labute approximate surface area is 184 Å². The third-order valence-electron chi connectivity index (χ3n) is 4.92. The van der Waals surface area contributed by atoms with Crippen molar-refractivity contribution in [2.45, 2.75) is 19.8 Å². The van der Waals surface area contributed by atoms with Crippen molar-refractivity contribution in [3.63, 3.8) is 0 Å². The van der Waals surface area contributed by atoms with E-state index in [1.807, 2.05) is 18.2 Å². The van der Waals surface area contributed by atoms with E-state index in [1.165, 1.54) is 7.11 Å². The first kappa shape index (κ1) is 21.2. The maximum Gasteiger partial charge on any atom is 0.311 e. The number of benzene rings is 2. The van der Waals surface area contributed by atoms with Crippen molar-refractivity contribution in [3.05, 3.63) is 70.7 Å². The van der Waals surface area contributed by atoms with Crippen LogP contribution < -0.4 is 18.9 Å². The number of aromatic nitrogens is 1. The second kappa shape index (κ2) is 8.97. The molecule has 1 aliphatic rings. The van der Waals surface area contributed by atoms with Crippen LogP contribution >= 0.6 is 0 Å². The highest BCUT2D eigenvalue weighted by molar-refractivity contribution is 6.15. The fourth-order valence-corrected chi connectivity index (χ4v) is 3.38. The number of aryl methyl sites for hydroxylation is 2. The van der Waals surface area contributed by atoms with E-state index < -0.39 is 5.97 Å². The van der Waals surface area contributed by atoms with Crippen molar-refractivity contribution in [1.82, 2.24) is 5.16 Å². The maximum atomic E-state index is 12.9. The van der Waals surface area contributed by atoms with Crippen LogP contribution in [0.4, 0.5) is 0 Å². The molecule has 2 aromatic carbocycles. The zero-order valence-electron chi connectivity index (χ0n) is 17.8. The molecular weight excluding hydrogens is 414 g/mol. The molecule has 0 unspecified atom stereocenters. The van der Waals surface area contributed by atoms with E-state index >= 15 is 0 Å². The summed E-state index contributed by atoms with van der Waals surface area (Å²) in [6.07, 6.45) is 2.05. The molecule has 0 spiro atoms. The van der Waals surface area contributed by atoms with Crippen LogP contribution in [0.3, 0.4) is 0 Å². The predicted molar refractivity (Wildman–Crippen MR) is 114 cm³/mol. The quantitative estimate of drug-likeness (QED) is 0.310. The largest absolute Gasteiger partial charge is 0.496 e. The summed E-state index contributed by atoms with van der Waals surface area (Å²) >= 11 is 0. The molecule has 8 heteroatoms. The molecule has 32 heavy (non-hydrogen) atoms. The number of esters is 1. The summed E-state index contributed by atoms with van der Waals surface area (Å²) in [7, 11) is 3.04. The van der Waals surface area contributed by atoms with Gasteiger partial charge in [0, 0.05) is 24.1 Å². The third-order valence-corrected chi connectivity index (χ3v) is 4.92. The molecule has 0 bridgehead atoms. The van der Waals surface area contributed by atoms with Crippen LogP contribution in [0.5, 0.6) is 23.1 Å². The van der Waals surface area contributed by atoms with E-state index in [4.69, 9.17) is 23.5 Å². The van der Waals surface area contributed by atoms with Gasteiger partial charge in [-0.05, 0) is 35.9 Å². The summed E-state index contributed by atoms with van der Waals surface area (Å²) in [6, 6.07) is 12.1. The zero-order valence-corrected chi connectivity index (χ0v) is 17.8. The Balaban J connectivity index is 1.48. The number of rotatable bonds is 7. The van der Waals surface area contributed by atoms with E-state index in [0.717, 1.165) is 5.56 Å². The molecule has 3 aromatic rings. The highest BCUT2D eigenvalue weighted by Gasteiger charge is 2.30. The molecule has 0 aliphatic carbocycles. The average molecular weight is 435 g/mol. The lowest BCUT2D eigenvalue weighted by molar-refractivity contribution is -0.134. The normalized spacial score (nSPS) is 13.6. The molecule has 1 aromatic heterocycles. The summed E-state index contributed by atoms with van der Waals surface area (Å²) in [5.41, 5.74) is 1.82. The molecule has 0 atom stereocenters. The second-order valence-corrected chi connectivity index (χ2v) is 7.10. The number of fused-ring (bicyclic) bond motifs is 1. The number of hydrogen-bond acceptors (Lipinski definition) is 8. The predicted octanol–water partition coefficient (Wildman–Crippen LogP) is 4.15. The Kier molecular flexibility index (Phi) is 5.93. The lowest BCUT2D eigenvalue weighted by atomic mass is 10.0. The van der Waals surface area contributed by atoms with E-state index in [0.29, 0.717) is 46.4 Å². The van der Waals surface area contributed by atoms with Crippen LogP contribution in [-0.2, 0) is 11.2 Å². The van der Waals surface area contributed by atoms with Crippen molar-refractivity contribution in [1.29, 1.82) is 0 Å². The molecule has 0 saturated heterocycles. The van der Waals surface area contributed by atoms with E-state index in [1.54, 1.807) is 44.4 Å². The van der Waals surface area contributed by atoms with Gasteiger partial charge in [0.15, 0.2) is 5.76 Å². The summed E-state index contributed by atoms with van der Waals surface area (Å²) in [6.45, 7) is 1.77. The van der Waals surface area contributed by atoms with E-state index in [-0.39, 0.29) is 18.0 Å². The summed E-state index contributed by atoms with van der Waals surface area (Å²) < 4.78 is 26.6. The summed E-state index contributed by atoms with van der Waals surface area (Å²) in [5.74, 6) is 1.63. The monoisotopic (exact) mass is 435 g/mol. The lowest BCUT2D eigenvalue weighted by Gasteiger charge is -2.07. The molecule has 2 heterocycles. The van der Waals surface area contributed by atoms with E-state index in [9.17, 15) is 9.59 Å². The van der Waals surface area contributed by atoms with Gasteiger partial charge in [0.1, 0.15) is 23.0 Å². The molecule has 0 radical (unpaired) electrons. The zero-order chi connectivity index (χ0) is 22.7. The fourth-order valence-electron chi connectivity index (χ4n) is 3.38. The molecule has 8 nitrogen and oxygen atoms in total. The SMILES string of the molecule is COc1cc(CCC(=O)Oc2cc(C)c3c(c2)O/C(=C\c2ccccc2OC)C3=O)on1. The topological polar surface area (TPSA) is 97.1 Å². The first-order chi connectivity index (χ1) is 15.5. The fraction of sp³-hybridized carbons (Fsp3) is 0.208. The molecule has 0 saturated carbocycles. The van der Waals surface area contributed by atoms with Crippen molar-refractivity contribution < 1.29 is 33.1 Å². The Hall–Kier alpha value is -4.07. The number of methoxy groups -OCH3 is 2. The van der Waals surface area contributed by atoms with Gasteiger partial charge in [-0.3, -0.25) is 9.59 Å². The first-order valence-corrected chi connectivity index (χ1v) is 9.90. The molecule has 1 aliphatic heterocycles. The van der Waals surface area contributed by atoms with Gasteiger partial charge in [-0.2, -0.15) is 0 Å². The van der Waals surface area contributed by atoms with Crippen molar-refractivity contribution >= 4 is 17.8 Å². The van der Waals surface area contributed by atoms with Crippen LogP contribution in [-0.4, -0.2) is 31.1 Å². The van der Waals surface area contributed by atoms with Crippen molar-refractivity contribution in [3.8, 4) is 23.1 Å². The minimum absolute atomic E-state index is 0.0905. The Morgan fingerprint density at radius 2 is 1.94 bits per heavy atom. The number of allylic oxidation sites excluding steroid dienone is 1. The van der Waals surface area contributed by atoms with Gasteiger partial charge in [-0.15, -0.1) is 0 Å². The minimum atomic E-state index is -0.450. The smallest absolute Gasteiger partial charge is 0.311 e. The van der Waals surface area contributed by atoms with Gasteiger partial charge < -0.3 is 23.5 Å². The molecule has 164 valence electrons. The highest BCUT2D eigenvalue weighted by Crippen LogP contribution is 2.38. The molecule has 0 fully saturated rings. The number of carbonyl (C=O) groups excluding carboxylic acids is 2. The standard InChI is InChI=1S/C24H21NO7/c1-14-10-17(30-22(26)9-8-16-13-21(29-3)25-32-16)12-19-23(14)24(27)20(31-19)11-15-6-4-5-7-18(15)28-2/h4-7,10-13H,8-9H2,1-3H3/b20-11-. The van der Waals surface area contributed by atoms with Gasteiger partial charge in [0.05, 0.1) is 26.2 Å². The van der Waals surface area contributed by atoms with Crippen LogP contribution in [0.1, 0.15) is 33.7 Å². The molecule has 4 rings (SSSR count). The van der Waals surface area contributed by atoms with Crippen LogP contribution in [0.15, 0.2) is 52.7 Å².